The van der Waals surface area contributed by atoms with Crippen LogP contribution >= 0.6 is 11.8 Å². The molecule has 0 unspecified atom stereocenters. The Hall–Kier alpha value is -2.60. The Kier molecular flexibility index (Phi) is 6.29. The standard InChI is InChI=1S/C21H23N3O2S/c1-3-13-24-20(26)18(27-21(24)23-16-7-5-4-6-8-16)14-19(25)22-17-11-9-15(2)10-12-17/h4-12,18H,3,13-14H2,1-2H3,(H,22,25)/t18-/m0/s1. The van der Waals surface area contributed by atoms with Crippen molar-refractivity contribution in [3.8, 4) is 0 Å². The Morgan fingerprint density at radius 2 is 1.85 bits per heavy atom. The van der Waals surface area contributed by atoms with E-state index in [0.29, 0.717) is 11.7 Å². The van der Waals surface area contributed by atoms with Crippen LogP contribution in [0.2, 0.25) is 0 Å². The molecule has 2 aromatic carbocycles. The van der Waals surface area contributed by atoms with Crippen molar-refractivity contribution >= 4 is 40.1 Å². The van der Waals surface area contributed by atoms with Gasteiger partial charge in [0.05, 0.1) is 5.69 Å². The zero-order chi connectivity index (χ0) is 19.2. The summed E-state index contributed by atoms with van der Waals surface area (Å²) in [4.78, 5) is 31.5. The zero-order valence-electron chi connectivity index (χ0n) is 15.5. The molecular weight excluding hydrogens is 358 g/mol. The van der Waals surface area contributed by atoms with Gasteiger partial charge in [-0.2, -0.15) is 0 Å². The van der Waals surface area contributed by atoms with Crippen molar-refractivity contribution in [2.45, 2.75) is 31.9 Å². The highest BCUT2D eigenvalue weighted by Crippen LogP contribution is 2.32. The van der Waals surface area contributed by atoms with Crippen molar-refractivity contribution in [2.75, 3.05) is 11.9 Å². The fraction of sp³-hybridized carbons (Fsp3) is 0.286. The smallest absolute Gasteiger partial charge is 0.242 e. The monoisotopic (exact) mass is 381 g/mol. The van der Waals surface area contributed by atoms with Crippen LogP contribution in [0.5, 0.6) is 0 Å². The number of nitrogens with zero attached hydrogens (tertiary/aromatic N) is 2. The van der Waals surface area contributed by atoms with Gasteiger partial charge in [-0.05, 0) is 37.6 Å². The van der Waals surface area contributed by atoms with Crippen LogP contribution in [0.25, 0.3) is 0 Å². The zero-order valence-corrected chi connectivity index (χ0v) is 16.3. The Bertz CT molecular complexity index is 834. The van der Waals surface area contributed by atoms with Crippen LogP contribution < -0.4 is 5.32 Å². The summed E-state index contributed by atoms with van der Waals surface area (Å²) in [6.45, 7) is 4.62. The van der Waals surface area contributed by atoms with E-state index >= 15 is 0 Å². The van der Waals surface area contributed by atoms with Gasteiger partial charge in [-0.25, -0.2) is 4.99 Å². The first-order valence-corrected chi connectivity index (χ1v) is 9.93. The van der Waals surface area contributed by atoms with Gasteiger partial charge < -0.3 is 5.32 Å². The molecule has 0 radical (unpaired) electrons. The number of aliphatic imine (C=N–C) groups is 1. The lowest BCUT2D eigenvalue weighted by molar-refractivity contribution is -0.128. The molecular formula is C21H23N3O2S. The minimum Gasteiger partial charge on any atom is -0.326 e. The molecule has 2 amide bonds. The molecule has 140 valence electrons. The van der Waals surface area contributed by atoms with Crippen molar-refractivity contribution in [2.24, 2.45) is 4.99 Å². The molecule has 1 fully saturated rings. The molecule has 1 heterocycles. The van der Waals surface area contributed by atoms with Crippen molar-refractivity contribution in [1.29, 1.82) is 0 Å². The largest absolute Gasteiger partial charge is 0.326 e. The summed E-state index contributed by atoms with van der Waals surface area (Å²) in [6.07, 6.45) is 0.966. The summed E-state index contributed by atoms with van der Waals surface area (Å²) in [5.74, 6) is -0.210. The van der Waals surface area contributed by atoms with Gasteiger partial charge in [0.25, 0.3) is 0 Å². The quantitative estimate of drug-likeness (QED) is 0.808. The fourth-order valence-electron chi connectivity index (χ4n) is 2.78. The van der Waals surface area contributed by atoms with Gasteiger partial charge in [0, 0.05) is 18.7 Å². The lowest BCUT2D eigenvalue weighted by Gasteiger charge is -2.15. The third-order valence-electron chi connectivity index (χ3n) is 4.15. The van der Waals surface area contributed by atoms with Crippen LogP contribution in [-0.4, -0.2) is 33.7 Å². The molecule has 1 atom stereocenters. The Balaban J connectivity index is 1.70. The summed E-state index contributed by atoms with van der Waals surface area (Å²) in [5, 5.41) is 3.09. The number of para-hydroxylation sites is 1. The number of anilines is 1. The van der Waals surface area contributed by atoms with Gasteiger partial charge in [0.2, 0.25) is 11.8 Å². The minimum atomic E-state index is -0.440. The molecule has 0 aliphatic carbocycles. The van der Waals surface area contributed by atoms with E-state index < -0.39 is 5.25 Å². The predicted molar refractivity (Wildman–Crippen MR) is 111 cm³/mol. The van der Waals surface area contributed by atoms with Gasteiger partial charge in [0.15, 0.2) is 5.17 Å². The Morgan fingerprint density at radius 1 is 1.15 bits per heavy atom. The molecule has 1 N–H and O–H groups in total. The number of carbonyl (C=O) groups is 2. The number of aryl methyl sites for hydroxylation is 1. The second kappa shape index (κ2) is 8.86. The van der Waals surface area contributed by atoms with Gasteiger partial charge in [-0.3, -0.25) is 14.5 Å². The first kappa shape index (κ1) is 19.2. The normalized spacial score (nSPS) is 18.1. The average Bonchev–Trinajstić information content (AvgIpc) is 2.93. The van der Waals surface area contributed by atoms with E-state index in [0.717, 1.165) is 23.4 Å². The highest BCUT2D eigenvalue weighted by molar-refractivity contribution is 8.15. The maximum absolute atomic E-state index is 12.8. The van der Waals surface area contributed by atoms with Crippen LogP contribution in [0.4, 0.5) is 11.4 Å². The summed E-state index contributed by atoms with van der Waals surface area (Å²) in [5.41, 5.74) is 2.68. The van der Waals surface area contributed by atoms with Crippen molar-refractivity contribution < 1.29 is 9.59 Å². The van der Waals surface area contributed by atoms with E-state index in [1.165, 1.54) is 11.8 Å². The van der Waals surface area contributed by atoms with E-state index in [-0.39, 0.29) is 18.2 Å². The molecule has 3 rings (SSSR count). The number of benzene rings is 2. The fourth-order valence-corrected chi connectivity index (χ4v) is 3.97. The number of amides is 2. The lowest BCUT2D eigenvalue weighted by Crippen LogP contribution is -2.34. The minimum absolute atomic E-state index is 0.0458. The lowest BCUT2D eigenvalue weighted by atomic mass is 10.2. The van der Waals surface area contributed by atoms with E-state index in [2.05, 4.69) is 10.3 Å². The number of hydrogen-bond acceptors (Lipinski definition) is 4. The molecule has 27 heavy (non-hydrogen) atoms. The molecule has 6 heteroatoms. The summed E-state index contributed by atoms with van der Waals surface area (Å²) >= 11 is 1.37. The number of carbonyl (C=O) groups excluding carboxylic acids is 2. The molecule has 1 aliphatic heterocycles. The molecule has 2 aromatic rings. The molecule has 1 aliphatic rings. The second-order valence-corrected chi connectivity index (χ2v) is 7.61. The van der Waals surface area contributed by atoms with Crippen LogP contribution in [0.15, 0.2) is 59.6 Å². The van der Waals surface area contributed by atoms with Crippen molar-refractivity contribution in [1.82, 2.24) is 4.90 Å². The average molecular weight is 382 g/mol. The maximum Gasteiger partial charge on any atom is 0.242 e. The number of thioether (sulfide) groups is 1. The highest BCUT2D eigenvalue weighted by atomic mass is 32.2. The molecule has 1 saturated heterocycles. The predicted octanol–water partition coefficient (Wildman–Crippen LogP) is 4.37. The topological polar surface area (TPSA) is 61.8 Å². The molecule has 0 aromatic heterocycles. The van der Waals surface area contributed by atoms with Crippen LogP contribution in [-0.2, 0) is 9.59 Å². The number of nitrogens with one attached hydrogen (secondary N) is 1. The summed E-state index contributed by atoms with van der Waals surface area (Å²) < 4.78 is 0. The van der Waals surface area contributed by atoms with Crippen molar-refractivity contribution in [3.05, 3.63) is 60.2 Å². The van der Waals surface area contributed by atoms with Gasteiger partial charge in [-0.15, -0.1) is 0 Å². The third-order valence-corrected chi connectivity index (χ3v) is 5.33. The Morgan fingerprint density at radius 3 is 2.52 bits per heavy atom. The first-order valence-electron chi connectivity index (χ1n) is 9.05. The number of rotatable bonds is 6. The maximum atomic E-state index is 12.8. The second-order valence-electron chi connectivity index (χ2n) is 6.44. The Labute approximate surface area is 163 Å². The number of amidine groups is 1. The third kappa shape index (κ3) is 4.98. The highest BCUT2D eigenvalue weighted by Gasteiger charge is 2.38. The summed E-state index contributed by atoms with van der Waals surface area (Å²) in [6, 6.07) is 17.2. The van der Waals surface area contributed by atoms with E-state index in [9.17, 15) is 9.59 Å². The van der Waals surface area contributed by atoms with E-state index in [1.807, 2.05) is 68.4 Å². The molecule has 5 nitrogen and oxygen atoms in total. The van der Waals surface area contributed by atoms with Crippen LogP contribution in [0, 0.1) is 6.92 Å². The first-order chi connectivity index (χ1) is 13.1. The molecule has 0 spiro atoms. The molecule has 0 saturated carbocycles. The van der Waals surface area contributed by atoms with Gasteiger partial charge >= 0.3 is 0 Å². The van der Waals surface area contributed by atoms with Crippen LogP contribution in [0.3, 0.4) is 0 Å². The SMILES string of the molecule is CCCN1C(=O)[C@H](CC(=O)Nc2ccc(C)cc2)SC1=Nc1ccccc1. The molecule has 0 bridgehead atoms. The van der Waals surface area contributed by atoms with Crippen molar-refractivity contribution in [3.63, 3.8) is 0 Å². The van der Waals surface area contributed by atoms with E-state index in [4.69, 9.17) is 0 Å². The van der Waals surface area contributed by atoms with E-state index in [1.54, 1.807) is 4.90 Å². The van der Waals surface area contributed by atoms with Gasteiger partial charge in [0.1, 0.15) is 5.25 Å². The van der Waals surface area contributed by atoms with Crippen LogP contribution in [0.1, 0.15) is 25.3 Å². The summed E-state index contributed by atoms with van der Waals surface area (Å²) in [7, 11) is 0. The van der Waals surface area contributed by atoms with Gasteiger partial charge in [-0.1, -0.05) is 54.6 Å². The number of hydrogen-bond donors (Lipinski definition) is 1.